The zero-order valence-electron chi connectivity index (χ0n) is 24.2. The van der Waals surface area contributed by atoms with Crippen LogP contribution in [0.1, 0.15) is 80.7 Å². The average Bonchev–Trinajstić information content (AvgIpc) is 3.10. The van der Waals surface area contributed by atoms with Crippen molar-refractivity contribution in [2.24, 2.45) is 0 Å². The number of amides is 1. The number of anilines is 2. The van der Waals surface area contributed by atoms with Crippen LogP contribution >= 0.6 is 0 Å². The minimum absolute atomic E-state index is 0.0331. The molecule has 224 valence electrons. The topological polar surface area (TPSA) is 86.7 Å². The second-order valence-corrected chi connectivity index (χ2v) is 12.1. The molecule has 0 unspecified atom stereocenters. The number of halogens is 3. The molecule has 2 N–H and O–H groups in total. The van der Waals surface area contributed by atoms with Gasteiger partial charge >= 0.3 is 12.1 Å². The first-order chi connectivity index (χ1) is 20.2. The molecule has 0 radical (unpaired) electrons. The number of alkyl halides is 3. The van der Waals surface area contributed by atoms with Crippen LogP contribution in [0.15, 0.2) is 84.1 Å². The molecule has 0 fully saturated rings. The van der Waals surface area contributed by atoms with Gasteiger partial charge in [-0.1, -0.05) is 69.3 Å². The molecule has 3 aromatic carbocycles. The van der Waals surface area contributed by atoms with Crippen molar-refractivity contribution in [1.29, 1.82) is 0 Å². The van der Waals surface area contributed by atoms with E-state index in [0.29, 0.717) is 34.6 Å². The molecule has 2 atom stereocenters. The first-order valence-electron chi connectivity index (χ1n) is 14.2. The minimum atomic E-state index is -4.56. The van der Waals surface area contributed by atoms with Crippen molar-refractivity contribution >= 4 is 29.0 Å². The van der Waals surface area contributed by atoms with E-state index in [0.717, 1.165) is 23.3 Å². The highest BCUT2D eigenvalue weighted by molar-refractivity contribution is 6.06. The molecule has 0 spiro atoms. The highest BCUT2D eigenvalue weighted by atomic mass is 19.4. The summed E-state index contributed by atoms with van der Waals surface area (Å²) in [6.45, 7) is 6.38. The lowest BCUT2D eigenvalue weighted by molar-refractivity contribution is -0.138. The third-order valence-corrected chi connectivity index (χ3v) is 8.11. The van der Waals surface area contributed by atoms with Crippen molar-refractivity contribution < 1.29 is 32.7 Å². The number of carbonyl (C=O) groups is 3. The molecule has 2 aliphatic rings. The standard InChI is InChI=1S/C34H33F3N2O4/c1-33(2,3)23-12-8-20(9-13-23)22-18-26-31(28(40)19-22)32(21-10-14-24(15-11-21)34(35,36)37)39(29(41)16-17-30(42)43)27-7-5-4-6-25(27)38-26/h4-15,22,32,38H,16-19H2,1-3H3,(H,42,43)/t22-,32+/m0/s1. The van der Waals surface area contributed by atoms with Gasteiger partial charge in [0.15, 0.2) is 5.78 Å². The van der Waals surface area contributed by atoms with Crippen LogP contribution in [0.25, 0.3) is 0 Å². The van der Waals surface area contributed by atoms with Gasteiger partial charge in [-0.3, -0.25) is 19.3 Å². The second kappa shape index (κ2) is 11.4. The van der Waals surface area contributed by atoms with Gasteiger partial charge in [-0.05, 0) is 58.7 Å². The summed E-state index contributed by atoms with van der Waals surface area (Å²) in [6.07, 6.45) is -4.75. The fourth-order valence-corrected chi connectivity index (χ4v) is 5.86. The zero-order valence-corrected chi connectivity index (χ0v) is 24.2. The number of allylic oxidation sites excluding steroid dienone is 1. The number of hydrogen-bond acceptors (Lipinski definition) is 4. The minimum Gasteiger partial charge on any atom is -0.481 e. The highest BCUT2D eigenvalue weighted by Gasteiger charge is 2.42. The summed E-state index contributed by atoms with van der Waals surface area (Å²) in [5.74, 6) is -2.09. The van der Waals surface area contributed by atoms with E-state index in [-0.39, 0.29) is 30.0 Å². The van der Waals surface area contributed by atoms with Crippen LogP contribution in [-0.4, -0.2) is 22.8 Å². The van der Waals surface area contributed by atoms with E-state index in [9.17, 15) is 32.7 Å². The number of aliphatic carboxylic acids is 1. The number of ketones is 1. The van der Waals surface area contributed by atoms with Crippen LogP contribution < -0.4 is 10.2 Å². The number of Topliss-reactive ketones (excluding diaryl/α,β-unsaturated/α-hetero) is 1. The lowest BCUT2D eigenvalue weighted by Crippen LogP contribution is -2.38. The lowest BCUT2D eigenvalue weighted by Gasteiger charge is -2.35. The van der Waals surface area contributed by atoms with Crippen molar-refractivity contribution in [3.8, 4) is 0 Å². The third kappa shape index (κ3) is 6.21. The summed E-state index contributed by atoms with van der Waals surface area (Å²) in [5.41, 5.74) is 3.44. The number of nitrogens with one attached hydrogen (secondary N) is 1. The molecule has 3 aromatic rings. The maximum absolute atomic E-state index is 14.1. The lowest BCUT2D eigenvalue weighted by atomic mass is 9.77. The molecule has 1 amide bonds. The number of fused-ring (bicyclic) bond motifs is 1. The van der Waals surface area contributed by atoms with Gasteiger partial charge in [0.25, 0.3) is 0 Å². The van der Waals surface area contributed by atoms with Gasteiger partial charge in [0.1, 0.15) is 0 Å². The Kier molecular flexibility index (Phi) is 7.94. The summed E-state index contributed by atoms with van der Waals surface area (Å²) in [4.78, 5) is 40.5. The van der Waals surface area contributed by atoms with Crippen LogP contribution in [-0.2, 0) is 26.0 Å². The molecule has 6 nitrogen and oxygen atoms in total. The second-order valence-electron chi connectivity index (χ2n) is 12.1. The smallest absolute Gasteiger partial charge is 0.416 e. The number of carboxylic acid groups (broad SMARTS) is 1. The monoisotopic (exact) mass is 590 g/mol. The Morgan fingerprint density at radius 2 is 1.47 bits per heavy atom. The number of carboxylic acids is 1. The van der Waals surface area contributed by atoms with Gasteiger partial charge in [-0.2, -0.15) is 13.2 Å². The van der Waals surface area contributed by atoms with E-state index in [2.05, 4.69) is 38.2 Å². The van der Waals surface area contributed by atoms with Crippen molar-refractivity contribution in [3.63, 3.8) is 0 Å². The molecule has 0 saturated carbocycles. The van der Waals surface area contributed by atoms with E-state index >= 15 is 0 Å². The third-order valence-electron chi connectivity index (χ3n) is 8.11. The molecular weight excluding hydrogens is 557 g/mol. The highest BCUT2D eigenvalue weighted by Crippen LogP contribution is 2.48. The van der Waals surface area contributed by atoms with Crippen LogP contribution in [0.4, 0.5) is 24.5 Å². The maximum Gasteiger partial charge on any atom is 0.416 e. The Morgan fingerprint density at radius 3 is 2.07 bits per heavy atom. The molecule has 43 heavy (non-hydrogen) atoms. The summed E-state index contributed by atoms with van der Waals surface area (Å²) >= 11 is 0. The van der Waals surface area contributed by atoms with E-state index in [4.69, 9.17) is 0 Å². The van der Waals surface area contributed by atoms with Crippen LogP contribution in [0.5, 0.6) is 0 Å². The molecule has 1 heterocycles. The van der Waals surface area contributed by atoms with E-state index in [1.54, 1.807) is 24.3 Å². The van der Waals surface area contributed by atoms with Crippen LogP contribution in [0.3, 0.4) is 0 Å². The van der Waals surface area contributed by atoms with Gasteiger partial charge in [-0.25, -0.2) is 0 Å². The Balaban J connectivity index is 1.64. The Morgan fingerprint density at radius 1 is 0.860 bits per heavy atom. The predicted molar refractivity (Wildman–Crippen MR) is 158 cm³/mol. The van der Waals surface area contributed by atoms with Crippen LogP contribution in [0, 0.1) is 0 Å². The Labute approximate surface area is 248 Å². The number of rotatable bonds is 5. The average molecular weight is 591 g/mol. The predicted octanol–water partition coefficient (Wildman–Crippen LogP) is 7.77. The molecule has 0 bridgehead atoms. The Hall–Kier alpha value is -4.40. The van der Waals surface area contributed by atoms with Gasteiger partial charge in [0.05, 0.1) is 29.4 Å². The largest absolute Gasteiger partial charge is 0.481 e. The molecule has 1 aliphatic heterocycles. The van der Waals surface area contributed by atoms with Crippen molar-refractivity contribution in [2.45, 2.75) is 70.0 Å². The van der Waals surface area contributed by atoms with Crippen molar-refractivity contribution in [2.75, 3.05) is 10.2 Å². The fraction of sp³-hybridized carbons (Fsp3) is 0.324. The number of nitrogens with zero attached hydrogens (tertiary/aromatic N) is 1. The van der Waals surface area contributed by atoms with Crippen molar-refractivity contribution in [3.05, 3.63) is 106 Å². The van der Waals surface area contributed by atoms with Gasteiger partial charge in [-0.15, -0.1) is 0 Å². The summed E-state index contributed by atoms with van der Waals surface area (Å²) < 4.78 is 40.3. The van der Waals surface area contributed by atoms with E-state index in [1.165, 1.54) is 17.0 Å². The van der Waals surface area contributed by atoms with E-state index in [1.807, 2.05) is 12.1 Å². The van der Waals surface area contributed by atoms with Gasteiger partial charge in [0, 0.05) is 24.1 Å². The van der Waals surface area contributed by atoms with Gasteiger partial charge in [0.2, 0.25) is 5.91 Å². The number of benzene rings is 3. The first kappa shape index (κ1) is 30.1. The number of hydrogen-bond donors (Lipinski definition) is 2. The zero-order chi connectivity index (χ0) is 31.1. The molecule has 5 rings (SSSR count). The SMILES string of the molecule is CC(C)(C)c1ccc([C@@H]2CC(=O)C3=C(C2)Nc2ccccc2N(C(=O)CCC(=O)O)[C@@H]3c2ccc(C(F)(F)F)cc2)cc1. The number of para-hydroxylation sites is 2. The molecule has 9 heteroatoms. The summed E-state index contributed by atoms with van der Waals surface area (Å²) in [7, 11) is 0. The molecule has 0 aromatic heterocycles. The van der Waals surface area contributed by atoms with E-state index < -0.39 is 36.1 Å². The summed E-state index contributed by atoms with van der Waals surface area (Å²) in [6, 6.07) is 18.5. The summed E-state index contributed by atoms with van der Waals surface area (Å²) in [5, 5.41) is 12.7. The molecule has 0 saturated heterocycles. The Bertz CT molecular complexity index is 1590. The first-order valence-corrected chi connectivity index (χ1v) is 14.2. The van der Waals surface area contributed by atoms with Crippen molar-refractivity contribution in [1.82, 2.24) is 0 Å². The maximum atomic E-state index is 14.1. The number of carbonyl (C=O) groups excluding carboxylic acids is 2. The molecular formula is C34H33F3N2O4. The molecule has 1 aliphatic carbocycles. The normalized spacial score (nSPS) is 18.8. The van der Waals surface area contributed by atoms with Gasteiger partial charge < -0.3 is 10.4 Å². The fourth-order valence-electron chi connectivity index (χ4n) is 5.86. The quantitative estimate of drug-likeness (QED) is 0.317. The van der Waals surface area contributed by atoms with Crippen LogP contribution in [0.2, 0.25) is 0 Å².